The van der Waals surface area contributed by atoms with E-state index in [1.165, 1.54) is 32.4 Å². The molecule has 0 fully saturated rings. The van der Waals surface area contributed by atoms with Crippen molar-refractivity contribution in [2.45, 2.75) is 0 Å². The molecule has 0 aliphatic rings. The molecule has 0 spiro atoms. The summed E-state index contributed by atoms with van der Waals surface area (Å²) in [7, 11) is 3.71. The van der Waals surface area contributed by atoms with Crippen molar-refractivity contribution in [3.05, 3.63) is 51.6 Å². The van der Waals surface area contributed by atoms with Crippen LogP contribution in [0, 0.1) is 10.1 Å². The summed E-state index contributed by atoms with van der Waals surface area (Å²) in [5.74, 6) is -2.26. The number of rotatable bonds is 6. The molecule has 0 saturated carbocycles. The van der Waals surface area contributed by atoms with Gasteiger partial charge in [-0.1, -0.05) is 0 Å². The second kappa shape index (κ2) is 8.04. The number of anilines is 1. The number of benzene rings is 2. The van der Waals surface area contributed by atoms with Gasteiger partial charge in [0, 0.05) is 6.07 Å². The number of methoxy groups -OCH3 is 3. The molecule has 0 radical (unpaired) electrons. The lowest BCUT2D eigenvalue weighted by Crippen LogP contribution is -2.14. The molecule has 0 heterocycles. The molecule has 2 aromatic carbocycles. The summed E-state index contributed by atoms with van der Waals surface area (Å²) in [5.41, 5.74) is -0.290. The molecule has 0 aliphatic carbocycles. The van der Waals surface area contributed by atoms with E-state index < -0.39 is 34.0 Å². The number of nitro groups is 1. The average molecular weight is 376 g/mol. The van der Waals surface area contributed by atoms with Gasteiger partial charge in [0.15, 0.2) is 5.75 Å². The van der Waals surface area contributed by atoms with Gasteiger partial charge in [-0.15, -0.1) is 0 Å². The van der Waals surface area contributed by atoms with Crippen LogP contribution in [-0.4, -0.2) is 43.2 Å². The number of phenolic OH excluding ortho intramolecular Hbond substituents is 1. The van der Waals surface area contributed by atoms with Crippen LogP contribution in [0.15, 0.2) is 30.3 Å². The highest BCUT2D eigenvalue weighted by molar-refractivity contribution is 6.08. The molecule has 27 heavy (non-hydrogen) atoms. The maximum atomic E-state index is 12.5. The smallest absolute Gasteiger partial charge is 0.337 e. The number of carbonyl (C=O) groups excluding carboxylic acids is 2. The van der Waals surface area contributed by atoms with E-state index in [2.05, 4.69) is 10.1 Å². The number of hydrogen-bond acceptors (Lipinski definition) is 8. The summed E-state index contributed by atoms with van der Waals surface area (Å²) in [6, 6.07) is 6.35. The number of amides is 1. The van der Waals surface area contributed by atoms with Crippen LogP contribution in [0.5, 0.6) is 17.2 Å². The highest BCUT2D eigenvalue weighted by atomic mass is 16.6. The van der Waals surface area contributed by atoms with E-state index in [4.69, 9.17) is 9.47 Å². The van der Waals surface area contributed by atoms with Crippen molar-refractivity contribution < 1.29 is 33.8 Å². The first-order chi connectivity index (χ1) is 12.8. The summed E-state index contributed by atoms with van der Waals surface area (Å²) >= 11 is 0. The van der Waals surface area contributed by atoms with Crippen LogP contribution in [0.1, 0.15) is 20.7 Å². The monoisotopic (exact) mass is 376 g/mol. The third-order valence-corrected chi connectivity index (χ3v) is 3.63. The topological polar surface area (TPSA) is 137 Å². The van der Waals surface area contributed by atoms with Gasteiger partial charge < -0.3 is 24.6 Å². The van der Waals surface area contributed by atoms with E-state index in [1.54, 1.807) is 0 Å². The zero-order valence-electron chi connectivity index (χ0n) is 14.6. The first kappa shape index (κ1) is 19.5. The van der Waals surface area contributed by atoms with Crippen LogP contribution in [0.3, 0.4) is 0 Å². The minimum absolute atomic E-state index is 0.180. The van der Waals surface area contributed by atoms with E-state index in [0.717, 1.165) is 19.2 Å². The van der Waals surface area contributed by atoms with Crippen molar-refractivity contribution in [3.63, 3.8) is 0 Å². The molecule has 0 aromatic heterocycles. The number of nitrogens with zero attached hydrogens (tertiary/aromatic N) is 1. The van der Waals surface area contributed by atoms with Crippen molar-refractivity contribution in [3.8, 4) is 17.2 Å². The summed E-state index contributed by atoms with van der Waals surface area (Å²) in [6.07, 6.45) is 0. The molecular weight excluding hydrogens is 360 g/mol. The van der Waals surface area contributed by atoms with E-state index >= 15 is 0 Å². The highest BCUT2D eigenvalue weighted by Crippen LogP contribution is 2.39. The molecule has 10 heteroatoms. The van der Waals surface area contributed by atoms with Gasteiger partial charge in [0.2, 0.25) is 5.75 Å². The van der Waals surface area contributed by atoms with Crippen LogP contribution in [0.2, 0.25) is 0 Å². The van der Waals surface area contributed by atoms with E-state index in [-0.39, 0.29) is 22.6 Å². The Morgan fingerprint density at radius 1 is 1.11 bits per heavy atom. The van der Waals surface area contributed by atoms with Gasteiger partial charge in [0.25, 0.3) is 5.91 Å². The SMILES string of the molecule is COC(=O)c1ccc(NC(=O)c2ccc([N+](=O)[O-])c(OC)c2O)c(OC)c1. The Labute approximate surface area is 153 Å². The third kappa shape index (κ3) is 3.89. The second-order valence-electron chi connectivity index (χ2n) is 5.13. The van der Waals surface area contributed by atoms with E-state index in [1.807, 2.05) is 0 Å². The number of nitro benzene ring substituents is 1. The minimum atomic E-state index is -0.759. The fourth-order valence-electron chi connectivity index (χ4n) is 2.32. The number of ether oxygens (including phenoxy) is 3. The third-order valence-electron chi connectivity index (χ3n) is 3.63. The fraction of sp³-hybridized carbons (Fsp3) is 0.176. The van der Waals surface area contributed by atoms with Crippen molar-refractivity contribution in [2.75, 3.05) is 26.6 Å². The fourth-order valence-corrected chi connectivity index (χ4v) is 2.32. The van der Waals surface area contributed by atoms with E-state index in [0.29, 0.717) is 0 Å². The maximum absolute atomic E-state index is 12.5. The number of phenols is 1. The molecule has 0 bridgehead atoms. The molecule has 0 aliphatic heterocycles. The normalized spacial score (nSPS) is 10.0. The van der Waals surface area contributed by atoms with E-state index in [9.17, 15) is 24.8 Å². The molecule has 2 N–H and O–H groups in total. The molecular formula is C17H16N2O8. The number of hydrogen-bond donors (Lipinski definition) is 2. The Balaban J connectivity index is 2.38. The van der Waals surface area contributed by atoms with Crippen LogP contribution < -0.4 is 14.8 Å². The van der Waals surface area contributed by atoms with Gasteiger partial charge >= 0.3 is 11.7 Å². The molecule has 1 amide bonds. The molecule has 142 valence electrons. The quantitative estimate of drug-likeness (QED) is 0.445. The number of esters is 1. The summed E-state index contributed by atoms with van der Waals surface area (Å²) in [5, 5.41) is 23.6. The Hall–Kier alpha value is -3.82. The molecule has 10 nitrogen and oxygen atoms in total. The Kier molecular flexibility index (Phi) is 5.81. The molecule has 0 atom stereocenters. The van der Waals surface area contributed by atoms with Gasteiger partial charge in [0.1, 0.15) is 5.75 Å². The Bertz CT molecular complexity index is 910. The highest BCUT2D eigenvalue weighted by Gasteiger charge is 2.25. The molecule has 0 unspecified atom stereocenters. The molecule has 0 saturated heterocycles. The molecule has 2 rings (SSSR count). The van der Waals surface area contributed by atoms with Crippen LogP contribution in [-0.2, 0) is 4.74 Å². The van der Waals surface area contributed by atoms with Crippen molar-refractivity contribution in [1.82, 2.24) is 0 Å². The van der Waals surface area contributed by atoms with Gasteiger partial charge in [-0.05, 0) is 24.3 Å². The van der Waals surface area contributed by atoms with Crippen molar-refractivity contribution in [1.29, 1.82) is 0 Å². The Morgan fingerprint density at radius 3 is 2.37 bits per heavy atom. The maximum Gasteiger partial charge on any atom is 0.337 e. The zero-order valence-corrected chi connectivity index (χ0v) is 14.6. The van der Waals surface area contributed by atoms with Crippen LogP contribution in [0.4, 0.5) is 11.4 Å². The molecule has 2 aromatic rings. The predicted molar refractivity (Wildman–Crippen MR) is 93.6 cm³/mol. The lowest BCUT2D eigenvalue weighted by molar-refractivity contribution is -0.385. The van der Waals surface area contributed by atoms with Crippen molar-refractivity contribution >= 4 is 23.3 Å². The first-order valence-electron chi connectivity index (χ1n) is 7.46. The summed E-state index contributed by atoms with van der Waals surface area (Å²) in [4.78, 5) is 34.3. The number of carbonyl (C=O) groups is 2. The predicted octanol–water partition coefficient (Wildman–Crippen LogP) is 2.36. The standard InChI is InChI=1S/C17H16N2O8/c1-25-13-8-9(17(22)27-3)4-6-11(13)18-16(21)10-5-7-12(19(23)24)15(26-2)14(10)20/h4-8,20H,1-3H3,(H,18,21). The van der Waals surface area contributed by atoms with Gasteiger partial charge in [0.05, 0.1) is 43.1 Å². The van der Waals surface area contributed by atoms with Gasteiger partial charge in [-0.2, -0.15) is 0 Å². The zero-order chi connectivity index (χ0) is 20.1. The largest absolute Gasteiger partial charge is 0.504 e. The Morgan fingerprint density at radius 2 is 1.81 bits per heavy atom. The average Bonchev–Trinajstić information content (AvgIpc) is 2.66. The summed E-state index contributed by atoms with van der Waals surface area (Å²) in [6.45, 7) is 0. The lowest BCUT2D eigenvalue weighted by atomic mass is 10.1. The van der Waals surface area contributed by atoms with Crippen LogP contribution in [0.25, 0.3) is 0 Å². The number of nitrogens with one attached hydrogen (secondary N) is 1. The summed E-state index contributed by atoms with van der Waals surface area (Å²) < 4.78 is 14.6. The minimum Gasteiger partial charge on any atom is -0.504 e. The number of aromatic hydroxyl groups is 1. The van der Waals surface area contributed by atoms with Gasteiger partial charge in [-0.25, -0.2) is 4.79 Å². The first-order valence-corrected chi connectivity index (χ1v) is 7.46. The van der Waals surface area contributed by atoms with Crippen LogP contribution >= 0.6 is 0 Å². The lowest BCUT2D eigenvalue weighted by Gasteiger charge is -2.13. The van der Waals surface area contributed by atoms with Gasteiger partial charge in [-0.3, -0.25) is 14.9 Å². The van der Waals surface area contributed by atoms with Crippen molar-refractivity contribution in [2.24, 2.45) is 0 Å². The second-order valence-corrected chi connectivity index (χ2v) is 5.13.